The monoisotopic (exact) mass is 347 g/mol. The van der Waals surface area contributed by atoms with Crippen molar-refractivity contribution in [3.8, 4) is 5.75 Å². The lowest BCUT2D eigenvalue weighted by Crippen LogP contribution is -2.03. The van der Waals surface area contributed by atoms with Gasteiger partial charge in [0.2, 0.25) is 0 Å². The van der Waals surface area contributed by atoms with E-state index < -0.39 is 0 Å². The van der Waals surface area contributed by atoms with Gasteiger partial charge in [-0.2, -0.15) is 0 Å². The zero-order valence-electron chi connectivity index (χ0n) is 12.6. The van der Waals surface area contributed by atoms with E-state index in [1.54, 1.807) is 0 Å². The van der Waals surface area contributed by atoms with Crippen molar-refractivity contribution in [2.45, 2.75) is 32.6 Å². The van der Waals surface area contributed by atoms with Crippen molar-refractivity contribution in [2.24, 2.45) is 0 Å². The summed E-state index contributed by atoms with van der Waals surface area (Å²) in [5.41, 5.74) is 9.04. The highest BCUT2D eigenvalue weighted by Gasteiger charge is 2.08. The molecule has 0 atom stereocenters. The van der Waals surface area contributed by atoms with E-state index in [2.05, 4.69) is 48.0 Å². The van der Waals surface area contributed by atoms with Crippen molar-refractivity contribution in [1.29, 1.82) is 0 Å². The van der Waals surface area contributed by atoms with Crippen LogP contribution in [0.1, 0.15) is 37.3 Å². The zero-order chi connectivity index (χ0) is 15.2. The van der Waals surface area contributed by atoms with Crippen LogP contribution >= 0.6 is 15.9 Å². The van der Waals surface area contributed by atoms with E-state index in [0.29, 0.717) is 5.92 Å². The summed E-state index contributed by atoms with van der Waals surface area (Å²) in [5.74, 6) is 1.44. The summed E-state index contributed by atoms with van der Waals surface area (Å²) in [5, 5.41) is 0. The standard InChI is InChI=1S/C18H22BrNO/c1-13(2)17-12-15(19)7-10-18(17)21-11-3-4-14-5-8-16(20)9-6-14/h5-10,12-13H,3-4,11,20H2,1-2H3. The predicted molar refractivity (Wildman–Crippen MR) is 92.9 cm³/mol. The van der Waals surface area contributed by atoms with Crippen LogP contribution in [0.25, 0.3) is 0 Å². The predicted octanol–water partition coefficient (Wildman–Crippen LogP) is 5.17. The normalized spacial score (nSPS) is 10.9. The number of nitrogen functional groups attached to an aromatic ring is 1. The summed E-state index contributed by atoms with van der Waals surface area (Å²) in [7, 11) is 0. The third kappa shape index (κ3) is 4.78. The van der Waals surface area contributed by atoms with Gasteiger partial charge < -0.3 is 10.5 Å². The molecule has 0 aliphatic rings. The molecule has 0 heterocycles. The number of hydrogen-bond donors (Lipinski definition) is 1. The van der Waals surface area contributed by atoms with Gasteiger partial charge in [0.1, 0.15) is 5.75 Å². The Morgan fingerprint density at radius 1 is 1.10 bits per heavy atom. The van der Waals surface area contributed by atoms with Crippen molar-refractivity contribution in [2.75, 3.05) is 12.3 Å². The van der Waals surface area contributed by atoms with Crippen molar-refractivity contribution >= 4 is 21.6 Å². The molecule has 0 bridgehead atoms. The molecule has 0 aliphatic carbocycles. The van der Waals surface area contributed by atoms with E-state index in [9.17, 15) is 0 Å². The van der Waals surface area contributed by atoms with E-state index in [-0.39, 0.29) is 0 Å². The number of halogens is 1. The molecule has 2 aromatic rings. The Kier molecular flexibility index (Phi) is 5.68. The van der Waals surface area contributed by atoms with Crippen LogP contribution in [0.15, 0.2) is 46.9 Å². The van der Waals surface area contributed by atoms with Gasteiger partial charge in [0.25, 0.3) is 0 Å². The molecule has 3 heteroatoms. The third-order valence-electron chi connectivity index (χ3n) is 3.44. The third-order valence-corrected chi connectivity index (χ3v) is 3.93. The maximum atomic E-state index is 5.95. The minimum atomic E-state index is 0.453. The summed E-state index contributed by atoms with van der Waals surface area (Å²) in [4.78, 5) is 0. The fraction of sp³-hybridized carbons (Fsp3) is 0.333. The first-order chi connectivity index (χ1) is 10.1. The molecule has 0 unspecified atom stereocenters. The van der Waals surface area contributed by atoms with Gasteiger partial charge in [0.15, 0.2) is 0 Å². The highest BCUT2D eigenvalue weighted by Crippen LogP contribution is 2.29. The quantitative estimate of drug-likeness (QED) is 0.578. The molecule has 2 aromatic carbocycles. The molecule has 21 heavy (non-hydrogen) atoms. The first-order valence-corrected chi connectivity index (χ1v) is 8.12. The number of benzene rings is 2. The molecule has 0 aromatic heterocycles. The van der Waals surface area contributed by atoms with E-state index in [0.717, 1.165) is 35.4 Å². The van der Waals surface area contributed by atoms with Crippen LogP contribution in [-0.4, -0.2) is 6.61 Å². The van der Waals surface area contributed by atoms with Crippen LogP contribution in [0.2, 0.25) is 0 Å². The molecule has 0 fully saturated rings. The molecule has 2 N–H and O–H groups in total. The second-order valence-corrected chi connectivity index (χ2v) is 6.45. The Bertz CT molecular complexity index is 578. The largest absolute Gasteiger partial charge is 0.493 e. The van der Waals surface area contributed by atoms with Gasteiger partial charge in [-0.3, -0.25) is 0 Å². The number of nitrogens with two attached hydrogens (primary N) is 1. The SMILES string of the molecule is CC(C)c1cc(Br)ccc1OCCCc1ccc(N)cc1. The zero-order valence-corrected chi connectivity index (χ0v) is 14.2. The van der Waals surface area contributed by atoms with Crippen molar-refractivity contribution in [3.63, 3.8) is 0 Å². The molecular weight excluding hydrogens is 326 g/mol. The number of hydrogen-bond acceptors (Lipinski definition) is 2. The number of anilines is 1. The van der Waals surface area contributed by atoms with E-state index >= 15 is 0 Å². The molecule has 112 valence electrons. The maximum absolute atomic E-state index is 5.95. The van der Waals surface area contributed by atoms with Gasteiger partial charge in [0.05, 0.1) is 6.61 Å². The van der Waals surface area contributed by atoms with Gasteiger partial charge >= 0.3 is 0 Å². The molecule has 0 spiro atoms. The molecular formula is C18H22BrNO. The lowest BCUT2D eigenvalue weighted by Gasteiger charge is -2.14. The summed E-state index contributed by atoms with van der Waals surface area (Å²) >= 11 is 3.52. The molecule has 2 rings (SSSR count). The van der Waals surface area contributed by atoms with Crippen LogP contribution in [0, 0.1) is 0 Å². The Hall–Kier alpha value is -1.48. The average molecular weight is 348 g/mol. The van der Waals surface area contributed by atoms with Crippen molar-refractivity contribution in [1.82, 2.24) is 0 Å². The van der Waals surface area contributed by atoms with Crippen LogP contribution in [0.3, 0.4) is 0 Å². The maximum Gasteiger partial charge on any atom is 0.122 e. The summed E-state index contributed by atoms with van der Waals surface area (Å²) in [6.07, 6.45) is 2.01. The molecule has 0 saturated heterocycles. The lowest BCUT2D eigenvalue weighted by atomic mass is 10.0. The summed E-state index contributed by atoms with van der Waals surface area (Å²) < 4.78 is 7.05. The minimum Gasteiger partial charge on any atom is -0.493 e. The van der Waals surface area contributed by atoms with Gasteiger partial charge in [-0.1, -0.05) is 41.9 Å². The molecule has 2 nitrogen and oxygen atoms in total. The fourth-order valence-electron chi connectivity index (χ4n) is 2.24. The van der Waals surface area contributed by atoms with E-state index in [1.807, 2.05) is 24.3 Å². The van der Waals surface area contributed by atoms with Gasteiger partial charge in [-0.15, -0.1) is 0 Å². The van der Waals surface area contributed by atoms with Crippen LogP contribution in [0.4, 0.5) is 5.69 Å². The second kappa shape index (κ2) is 7.51. The minimum absolute atomic E-state index is 0.453. The molecule has 0 radical (unpaired) electrons. The smallest absolute Gasteiger partial charge is 0.122 e. The fourth-order valence-corrected chi connectivity index (χ4v) is 2.62. The Balaban J connectivity index is 1.87. The van der Waals surface area contributed by atoms with Crippen LogP contribution < -0.4 is 10.5 Å². The Labute approximate surface area is 135 Å². The lowest BCUT2D eigenvalue weighted by molar-refractivity contribution is 0.306. The Morgan fingerprint density at radius 3 is 2.48 bits per heavy atom. The number of ether oxygens (including phenoxy) is 1. The highest BCUT2D eigenvalue weighted by molar-refractivity contribution is 9.10. The van der Waals surface area contributed by atoms with Crippen LogP contribution in [0.5, 0.6) is 5.75 Å². The topological polar surface area (TPSA) is 35.2 Å². The first-order valence-electron chi connectivity index (χ1n) is 7.33. The molecule has 0 amide bonds. The molecule has 0 aliphatic heterocycles. The average Bonchev–Trinajstić information content (AvgIpc) is 2.46. The molecule has 0 saturated carbocycles. The van der Waals surface area contributed by atoms with Crippen LogP contribution in [-0.2, 0) is 6.42 Å². The first kappa shape index (κ1) is 15.9. The van der Waals surface area contributed by atoms with Crippen molar-refractivity contribution < 1.29 is 4.74 Å². The summed E-state index contributed by atoms with van der Waals surface area (Å²) in [6.45, 7) is 5.09. The summed E-state index contributed by atoms with van der Waals surface area (Å²) in [6, 6.07) is 14.3. The van der Waals surface area contributed by atoms with Crippen molar-refractivity contribution in [3.05, 3.63) is 58.1 Å². The Morgan fingerprint density at radius 2 is 1.81 bits per heavy atom. The number of rotatable bonds is 6. The van der Waals surface area contributed by atoms with Gasteiger partial charge in [-0.05, 0) is 60.2 Å². The van der Waals surface area contributed by atoms with E-state index in [1.165, 1.54) is 11.1 Å². The number of aryl methyl sites for hydroxylation is 1. The van der Waals surface area contributed by atoms with Gasteiger partial charge in [-0.25, -0.2) is 0 Å². The van der Waals surface area contributed by atoms with E-state index in [4.69, 9.17) is 10.5 Å². The van der Waals surface area contributed by atoms with Gasteiger partial charge in [0, 0.05) is 10.2 Å². The highest BCUT2D eigenvalue weighted by atomic mass is 79.9. The second-order valence-electron chi connectivity index (χ2n) is 5.53.